The molecule has 0 fully saturated rings. The predicted octanol–water partition coefficient (Wildman–Crippen LogP) is 1.65. The Kier molecular flexibility index (Phi) is 26.3. The van der Waals surface area contributed by atoms with E-state index in [9.17, 15) is 0 Å². The maximum absolute atomic E-state index is 5.44. The van der Waals surface area contributed by atoms with Gasteiger partial charge in [-0.25, -0.2) is 0 Å². The monoisotopic (exact) mass is 406 g/mol. The second-order valence-corrected chi connectivity index (χ2v) is 5.67. The zero-order valence-electron chi connectivity index (χ0n) is 13.2. The van der Waals surface area contributed by atoms with E-state index >= 15 is 0 Å². The molecule has 0 aromatic rings. The topological polar surface area (TPSA) is 18.5 Å². The van der Waals surface area contributed by atoms with Gasteiger partial charge in [-0.05, 0) is 0 Å². The van der Waals surface area contributed by atoms with Gasteiger partial charge < -0.3 is 24.0 Å². The van der Waals surface area contributed by atoms with Gasteiger partial charge in [0, 0.05) is 0 Å². The maximum atomic E-state index is 5.44. The van der Waals surface area contributed by atoms with Gasteiger partial charge in [0.05, 0.1) is 0 Å². The van der Waals surface area contributed by atoms with Gasteiger partial charge in [-0.15, -0.1) is 0 Å². The van der Waals surface area contributed by atoms with Crippen molar-refractivity contribution in [2.24, 2.45) is 0 Å². The van der Waals surface area contributed by atoms with E-state index in [4.69, 9.17) is 9.47 Å². The first-order chi connectivity index (χ1) is 9.41. The van der Waals surface area contributed by atoms with E-state index in [1.54, 1.807) is 0 Å². The van der Waals surface area contributed by atoms with Crippen LogP contribution in [0, 0.1) is 0 Å². The van der Waals surface area contributed by atoms with E-state index in [2.05, 4.69) is 19.1 Å². The molecule has 0 amide bonds. The molecule has 20 heavy (non-hydrogen) atoms. The van der Waals surface area contributed by atoms with Gasteiger partial charge >= 0.3 is 93.6 Å². The third-order valence-electron chi connectivity index (χ3n) is 3.03. The fraction of sp³-hybridized carbons (Fsp3) is 0.875. The molecular weight excluding hydrogens is 375 g/mol. The van der Waals surface area contributed by atoms with E-state index < -0.39 is 0 Å². The molecule has 0 spiro atoms. The van der Waals surface area contributed by atoms with Crippen molar-refractivity contribution in [3.63, 3.8) is 0 Å². The molecule has 0 saturated heterocycles. The third-order valence-corrected chi connectivity index (χ3v) is 3.43. The van der Waals surface area contributed by atoms with Crippen LogP contribution in [0.3, 0.4) is 0 Å². The molecule has 0 saturated carbocycles. The van der Waals surface area contributed by atoms with Crippen LogP contribution in [0.25, 0.3) is 0 Å². The molecular formula is C16H31IMgO2. The van der Waals surface area contributed by atoms with E-state index in [-0.39, 0.29) is 24.0 Å². The normalized spacial score (nSPS) is 10.9. The summed E-state index contributed by atoms with van der Waals surface area (Å²) in [5, 5.41) is 0. The molecule has 0 unspecified atom stereocenters. The summed E-state index contributed by atoms with van der Waals surface area (Å²) in [5.74, 6) is 0. The van der Waals surface area contributed by atoms with Crippen molar-refractivity contribution < 1.29 is 33.5 Å². The Bertz CT molecular complexity index is 189. The number of ether oxygens (including phenoxy) is 2. The molecule has 0 aliphatic rings. The van der Waals surface area contributed by atoms with Crippen molar-refractivity contribution >= 4 is 21.7 Å². The minimum atomic E-state index is 0. The number of halogens is 1. The second kappa shape index (κ2) is 22.4. The van der Waals surface area contributed by atoms with Crippen molar-refractivity contribution in [2.75, 3.05) is 20.0 Å². The molecule has 116 valence electrons. The van der Waals surface area contributed by atoms with Gasteiger partial charge in [0.1, 0.15) is 0 Å². The van der Waals surface area contributed by atoms with Crippen molar-refractivity contribution in [3.8, 4) is 0 Å². The summed E-state index contributed by atoms with van der Waals surface area (Å²) in [7, 11) is 0. The minimum Gasteiger partial charge on any atom is -1.00 e. The van der Waals surface area contributed by atoms with Crippen LogP contribution >= 0.6 is 0 Å². The fourth-order valence-electron chi connectivity index (χ4n) is 1.84. The standard InChI is InChI=1S/C16H31O2.HI.Mg/c1-3-5-7-9-10-11-13-15-18-16-17-14-12-8-6-4-2;;/h6,8H,2-5,7,9-16H2,1H3;1H;/q;;+1/p-1/b8-6-;;. The first kappa shape index (κ1) is 23.4. The summed E-state index contributed by atoms with van der Waals surface area (Å²) >= 11 is 2.02. The Hall–Kier alpha value is 1.16. The first-order valence-corrected chi connectivity index (χ1v) is 9.01. The van der Waals surface area contributed by atoms with Gasteiger partial charge in [0.2, 0.25) is 0 Å². The van der Waals surface area contributed by atoms with Crippen LogP contribution in [0.5, 0.6) is 0 Å². The molecule has 0 heterocycles. The fourth-order valence-corrected chi connectivity index (χ4v) is 2.08. The number of unbranched alkanes of at least 4 members (excludes halogenated alkanes) is 6. The predicted molar refractivity (Wildman–Crippen MR) is 83.7 cm³/mol. The van der Waals surface area contributed by atoms with Crippen LogP contribution in [0.4, 0.5) is 0 Å². The van der Waals surface area contributed by atoms with Gasteiger partial charge in [-0.3, -0.25) is 0 Å². The molecule has 0 atom stereocenters. The molecule has 0 bridgehead atoms. The van der Waals surface area contributed by atoms with Gasteiger partial charge in [0.15, 0.2) is 0 Å². The maximum Gasteiger partial charge on any atom is -1.00 e. The van der Waals surface area contributed by atoms with Crippen LogP contribution in [-0.4, -0.2) is 41.7 Å². The Morgan fingerprint density at radius 1 is 0.800 bits per heavy atom. The second-order valence-electron chi connectivity index (χ2n) is 4.96. The average Bonchev–Trinajstić information content (AvgIpc) is 2.43. The summed E-state index contributed by atoms with van der Waals surface area (Å²) in [6.45, 7) is 4.34. The zero-order chi connectivity index (χ0) is 14.0. The van der Waals surface area contributed by atoms with Crippen LogP contribution in [0.2, 0.25) is 4.55 Å². The van der Waals surface area contributed by atoms with Crippen LogP contribution in [0.1, 0.15) is 64.7 Å². The Morgan fingerprint density at radius 3 is 2.10 bits per heavy atom. The number of hydrogen-bond donors (Lipinski definition) is 0. The summed E-state index contributed by atoms with van der Waals surface area (Å²) < 4.78 is 12.1. The number of allylic oxidation sites excluding steroid dienone is 1. The zero-order valence-corrected chi connectivity index (χ0v) is 16.8. The largest absolute Gasteiger partial charge is 1.00 e. The Labute approximate surface area is 155 Å². The molecule has 0 aromatic carbocycles. The van der Waals surface area contributed by atoms with Crippen molar-refractivity contribution in [2.45, 2.75) is 69.3 Å². The molecule has 0 N–H and O–H groups in total. The SMILES string of the molecule is CCCCCCCCCOCOCC/C=C\C[CH2][Mg+].[I-]. The van der Waals surface area contributed by atoms with E-state index in [0.29, 0.717) is 6.79 Å². The van der Waals surface area contributed by atoms with Crippen molar-refractivity contribution in [3.05, 3.63) is 12.2 Å². The van der Waals surface area contributed by atoms with E-state index in [1.165, 1.54) is 55.9 Å². The third kappa shape index (κ3) is 21.5. The van der Waals surface area contributed by atoms with Gasteiger partial charge in [-0.1, -0.05) is 39.0 Å². The van der Waals surface area contributed by atoms with Crippen molar-refractivity contribution in [1.29, 1.82) is 0 Å². The van der Waals surface area contributed by atoms with E-state index in [0.717, 1.165) is 19.6 Å². The average molecular weight is 407 g/mol. The number of hydrogen-bond acceptors (Lipinski definition) is 2. The Balaban J connectivity index is 0. The van der Waals surface area contributed by atoms with E-state index in [1.807, 2.05) is 21.7 Å². The summed E-state index contributed by atoms with van der Waals surface area (Å²) in [6.07, 6.45) is 15.9. The van der Waals surface area contributed by atoms with Crippen LogP contribution in [0.15, 0.2) is 12.2 Å². The molecule has 0 aliphatic heterocycles. The smallest absolute Gasteiger partial charge is 1.00 e. The molecule has 4 heteroatoms. The molecule has 0 radical (unpaired) electrons. The summed E-state index contributed by atoms with van der Waals surface area (Å²) in [4.78, 5) is 0. The molecule has 2 nitrogen and oxygen atoms in total. The van der Waals surface area contributed by atoms with Crippen LogP contribution in [-0.2, 0) is 9.47 Å². The minimum absolute atomic E-state index is 0. The quantitative estimate of drug-likeness (QED) is 0.135. The summed E-state index contributed by atoms with van der Waals surface area (Å²) in [5.41, 5.74) is 0. The molecule has 0 rings (SSSR count). The first-order valence-electron chi connectivity index (χ1n) is 8.01. The van der Waals surface area contributed by atoms with Crippen LogP contribution < -0.4 is 24.0 Å². The molecule has 0 aromatic heterocycles. The van der Waals surface area contributed by atoms with Gasteiger partial charge in [0.25, 0.3) is 0 Å². The van der Waals surface area contributed by atoms with Gasteiger partial charge in [-0.2, -0.15) is 0 Å². The van der Waals surface area contributed by atoms with Crippen molar-refractivity contribution in [1.82, 2.24) is 0 Å². The molecule has 0 aliphatic carbocycles. The number of rotatable bonds is 15. The summed E-state index contributed by atoms with van der Waals surface area (Å²) in [6, 6.07) is 0. The Morgan fingerprint density at radius 2 is 1.40 bits per heavy atom.